The van der Waals surface area contributed by atoms with E-state index < -0.39 is 17.0 Å². The summed E-state index contributed by atoms with van der Waals surface area (Å²) >= 11 is 14.5. The van der Waals surface area contributed by atoms with Crippen molar-refractivity contribution in [3.63, 3.8) is 0 Å². The van der Waals surface area contributed by atoms with Gasteiger partial charge in [0.1, 0.15) is 11.1 Å². The Labute approximate surface area is 484 Å². The van der Waals surface area contributed by atoms with Crippen LogP contribution in [0.2, 0.25) is 10.0 Å². The summed E-state index contributed by atoms with van der Waals surface area (Å²) in [5.41, 5.74) is 11.4. The van der Waals surface area contributed by atoms with Crippen LogP contribution in [0.5, 0.6) is 0 Å². The largest absolute Gasteiger partial charge is 0.488 e. The topological polar surface area (TPSA) is 419 Å². The lowest BCUT2D eigenvalue weighted by molar-refractivity contribution is -0.384. The van der Waals surface area contributed by atoms with Crippen LogP contribution in [-0.2, 0) is 26.1 Å². The number of aromatic nitrogens is 16. The van der Waals surface area contributed by atoms with Crippen LogP contribution in [0.3, 0.4) is 0 Å². The lowest BCUT2D eigenvalue weighted by Gasteiger charge is -2.06. The Kier molecular flexibility index (Phi) is 26.7. The maximum atomic E-state index is 10.8. The molecule has 33 heteroatoms. The molecule has 29 nitrogen and oxygen atoms in total. The number of rotatable bonds is 16. The molecule has 82 heavy (non-hydrogen) atoms. The molecule has 426 valence electrons. The van der Waals surface area contributed by atoms with Crippen molar-refractivity contribution in [3.8, 4) is 45.6 Å². The maximum Gasteiger partial charge on any atom is 0.488 e. The number of nitro benzene ring substituents is 2. The minimum atomic E-state index is -1.41. The lowest BCUT2D eigenvalue weighted by Crippen LogP contribution is -2.29. The summed E-state index contributed by atoms with van der Waals surface area (Å²) in [4.78, 5) is 24.4. The molecule has 4 heterocycles. The van der Waals surface area contributed by atoms with Gasteiger partial charge in [0, 0.05) is 44.3 Å². The fraction of sp³-hybridized carbons (Fsp3) is 0.184. The van der Waals surface area contributed by atoms with Crippen molar-refractivity contribution in [3.05, 3.63) is 187 Å². The normalized spacial score (nSPS) is 10.2. The summed E-state index contributed by atoms with van der Waals surface area (Å²) in [5, 5.41) is 123. The van der Waals surface area contributed by atoms with E-state index >= 15 is 0 Å². The van der Waals surface area contributed by atoms with Crippen LogP contribution in [0.1, 0.15) is 11.1 Å². The van der Waals surface area contributed by atoms with Gasteiger partial charge in [0.25, 0.3) is 11.4 Å². The standard InChI is InChI=1S/C16H15ClN4O.C9H9N5O3.C9H11N5O.C7H5N5O2.C6H6BClO2.C2H5BrO/c17-14-7-5-12(6-8-14)11-13-3-1-2-4-15(13)16-18-20-21(19-16)9-10-22;15-6-5-13-11-9(10-12-13)7-3-1-2-4-8(7)14(16)17;10-8-4-2-1-3-7(8)9-11-13-14(12-9)5-6-15;13-12(14)6-4-2-1-3-5(6)7-8-10-11-9-7;8-6-3-1-5(2-4-6)7(9)10;3-1-2-4/h1-8,22H,9-11H2;1-4,15H,5-6H2;1-4,15H,5-6,10H2;1-4H,(H,8,9,10,11);1-4,9-10H;4H,1-2H2. The summed E-state index contributed by atoms with van der Waals surface area (Å²) in [6.07, 6.45) is 0.766. The number of H-pyrrole nitrogens is 1. The lowest BCUT2D eigenvalue weighted by atomic mass is 9.81. The third-order valence-corrected chi connectivity index (χ3v) is 11.2. The Bertz CT molecular complexity index is 3490. The zero-order valence-electron chi connectivity index (χ0n) is 42.9. The summed E-state index contributed by atoms with van der Waals surface area (Å²) in [6, 6.07) is 41.8. The first-order chi connectivity index (χ1) is 39.7. The molecule has 9 N–H and O–H groups in total. The quantitative estimate of drug-likeness (QED) is 0.0223. The summed E-state index contributed by atoms with van der Waals surface area (Å²) < 4.78 is 0. The molecule has 10 rings (SSSR count). The van der Waals surface area contributed by atoms with Crippen LogP contribution in [0.15, 0.2) is 146 Å². The van der Waals surface area contributed by atoms with E-state index in [0.29, 0.717) is 57.4 Å². The van der Waals surface area contributed by atoms with Crippen molar-refractivity contribution in [2.24, 2.45) is 0 Å². The Hall–Kier alpha value is -8.92. The molecule has 0 saturated heterocycles. The Morgan fingerprint density at radius 3 is 1.37 bits per heavy atom. The Morgan fingerprint density at radius 2 is 0.939 bits per heavy atom. The van der Waals surface area contributed by atoms with Gasteiger partial charge >= 0.3 is 7.12 Å². The Morgan fingerprint density at radius 1 is 0.537 bits per heavy atom. The van der Waals surface area contributed by atoms with E-state index in [1.54, 1.807) is 66.7 Å². The number of nitrogen functional groups attached to an aromatic ring is 1. The van der Waals surface area contributed by atoms with Gasteiger partial charge in [0.05, 0.1) is 55.9 Å². The van der Waals surface area contributed by atoms with Gasteiger partial charge in [-0.05, 0) is 92.4 Å². The van der Waals surface area contributed by atoms with Gasteiger partial charge in [-0.15, -0.1) is 40.8 Å². The van der Waals surface area contributed by atoms with E-state index in [4.69, 9.17) is 59.4 Å². The molecular formula is C49H51BBrCl2N19O10. The smallest absolute Gasteiger partial charge is 0.423 e. The minimum absolute atomic E-state index is 0.0117. The molecule has 0 unspecified atom stereocenters. The first-order valence-electron chi connectivity index (χ1n) is 24.0. The number of aromatic amines is 1. The van der Waals surface area contributed by atoms with E-state index in [1.165, 1.54) is 32.1 Å². The first kappa shape index (κ1) is 63.9. The fourth-order valence-electron chi connectivity index (χ4n) is 6.58. The number of aliphatic hydroxyl groups excluding tert-OH is 4. The number of nitrogens with zero attached hydrogens (tertiary/aromatic N) is 17. The van der Waals surface area contributed by atoms with E-state index in [9.17, 15) is 20.2 Å². The first-order valence-corrected chi connectivity index (χ1v) is 25.9. The number of nitrogens with two attached hydrogens (primary N) is 1. The van der Waals surface area contributed by atoms with Gasteiger partial charge in [-0.1, -0.05) is 124 Å². The zero-order valence-corrected chi connectivity index (χ0v) is 46.0. The number of anilines is 1. The number of nitrogens with one attached hydrogen (secondary N) is 1. The predicted molar refractivity (Wildman–Crippen MR) is 305 cm³/mol. The number of halogens is 3. The second-order valence-electron chi connectivity index (χ2n) is 16.0. The molecule has 6 aromatic carbocycles. The second kappa shape index (κ2) is 34.3. The average Bonchev–Trinajstić information content (AvgIpc) is 4.37. The molecule has 0 saturated carbocycles. The molecule has 0 atom stereocenters. The molecule has 0 spiro atoms. The number of benzene rings is 6. The van der Waals surface area contributed by atoms with Crippen LogP contribution in [-0.4, -0.2) is 160 Å². The number of hydrogen-bond acceptors (Lipinski definition) is 23. The van der Waals surface area contributed by atoms with E-state index in [2.05, 4.69) is 88.9 Å². The van der Waals surface area contributed by atoms with E-state index in [1.807, 2.05) is 60.7 Å². The van der Waals surface area contributed by atoms with Gasteiger partial charge < -0.3 is 36.2 Å². The molecular weight excluding hydrogens is 1180 g/mol. The molecule has 10 aromatic rings. The monoisotopic (exact) mass is 1230 g/mol. The highest BCUT2D eigenvalue weighted by atomic mass is 79.9. The van der Waals surface area contributed by atoms with Crippen molar-refractivity contribution >= 4 is 68.8 Å². The number of tetrazole rings is 4. The summed E-state index contributed by atoms with van der Waals surface area (Å²) in [7, 11) is -1.41. The average molecular weight is 1230 g/mol. The van der Waals surface area contributed by atoms with Gasteiger partial charge in [0.2, 0.25) is 23.3 Å². The minimum Gasteiger partial charge on any atom is -0.423 e. The van der Waals surface area contributed by atoms with Gasteiger partial charge in [-0.3, -0.25) is 20.2 Å². The van der Waals surface area contributed by atoms with Crippen molar-refractivity contribution < 1.29 is 40.3 Å². The van der Waals surface area contributed by atoms with Crippen LogP contribution in [0.25, 0.3) is 45.6 Å². The van der Waals surface area contributed by atoms with Crippen molar-refractivity contribution in [1.29, 1.82) is 0 Å². The van der Waals surface area contributed by atoms with Crippen LogP contribution in [0.4, 0.5) is 17.1 Å². The summed E-state index contributed by atoms with van der Waals surface area (Å²) in [5.74, 6) is 1.43. The van der Waals surface area contributed by atoms with Crippen molar-refractivity contribution in [2.45, 2.75) is 26.1 Å². The summed E-state index contributed by atoms with van der Waals surface area (Å²) in [6.45, 7) is 0.967. The molecule has 4 aromatic heterocycles. The SMILES string of the molecule is Nc1ccccc1-c1nnn(CCO)n1.O=[N+]([O-])c1ccccc1-c1nn[nH]n1.O=[N+]([O-])c1ccccc1-c1nnn(CCO)n1.OB(O)c1ccc(Cl)cc1.OCCBr.OCCn1nnc(-c2ccccc2Cc2ccc(Cl)cc2)n1. The highest BCUT2D eigenvalue weighted by Crippen LogP contribution is 2.28. The molecule has 0 aliphatic rings. The van der Waals surface area contributed by atoms with Crippen molar-refractivity contribution in [1.82, 2.24) is 81.2 Å². The van der Waals surface area contributed by atoms with Crippen LogP contribution >= 0.6 is 39.1 Å². The van der Waals surface area contributed by atoms with Crippen LogP contribution < -0.4 is 11.2 Å². The zero-order chi connectivity index (χ0) is 59.2. The van der Waals surface area contributed by atoms with Gasteiger partial charge in [-0.25, -0.2) is 0 Å². The maximum absolute atomic E-state index is 10.8. The fourth-order valence-corrected chi connectivity index (χ4v) is 6.83. The highest BCUT2D eigenvalue weighted by molar-refractivity contribution is 9.09. The van der Waals surface area contributed by atoms with E-state index in [-0.39, 0.29) is 56.0 Å². The number of aliphatic hydroxyl groups is 4. The van der Waals surface area contributed by atoms with Gasteiger partial charge in [0.15, 0.2) is 0 Å². The molecule has 0 radical (unpaired) electrons. The Balaban J connectivity index is 0.000000188. The van der Waals surface area contributed by atoms with E-state index in [0.717, 1.165) is 28.1 Å². The molecule has 0 aliphatic heterocycles. The van der Waals surface area contributed by atoms with Crippen molar-refractivity contribution in [2.75, 3.05) is 37.5 Å². The number of para-hydroxylation sites is 3. The number of nitro groups is 2. The van der Waals surface area contributed by atoms with Gasteiger partial charge in [-0.2, -0.15) is 19.6 Å². The predicted octanol–water partition coefficient (Wildman–Crippen LogP) is 3.90. The third-order valence-electron chi connectivity index (χ3n) is 10.3. The third kappa shape index (κ3) is 20.3. The highest BCUT2D eigenvalue weighted by Gasteiger charge is 2.19. The molecule has 0 aliphatic carbocycles. The number of alkyl halides is 1. The number of hydrogen-bond donors (Lipinski definition) is 8. The molecule has 0 fully saturated rings. The second-order valence-corrected chi connectivity index (χ2v) is 17.6. The van der Waals surface area contributed by atoms with Crippen LogP contribution in [0, 0.1) is 20.2 Å². The molecule has 0 amide bonds. The molecule has 0 bridgehead atoms.